The van der Waals surface area contributed by atoms with Crippen LogP contribution in [0.15, 0.2) is 58.7 Å². The molecule has 0 unspecified atom stereocenters. The van der Waals surface area contributed by atoms with Gasteiger partial charge in [0.15, 0.2) is 0 Å². The summed E-state index contributed by atoms with van der Waals surface area (Å²) in [5, 5.41) is 8.21. The van der Waals surface area contributed by atoms with Crippen molar-refractivity contribution in [3.05, 3.63) is 86.9 Å². The Morgan fingerprint density at radius 3 is 2.71 bits per heavy atom. The lowest BCUT2D eigenvalue weighted by atomic mass is 10.1. The fourth-order valence-corrected chi connectivity index (χ4v) is 4.11. The van der Waals surface area contributed by atoms with Crippen LogP contribution in [0.25, 0.3) is 16.4 Å². The Morgan fingerprint density at radius 2 is 1.97 bits per heavy atom. The molecule has 0 radical (unpaired) electrons. The Morgan fingerprint density at radius 1 is 1.19 bits per heavy atom. The summed E-state index contributed by atoms with van der Waals surface area (Å²) in [6.45, 7) is 3.77. The third kappa shape index (κ3) is 4.64. The summed E-state index contributed by atoms with van der Waals surface area (Å²) in [5.41, 5.74) is 4.27. The van der Waals surface area contributed by atoms with Crippen molar-refractivity contribution in [3.63, 3.8) is 0 Å². The predicted molar refractivity (Wildman–Crippen MR) is 120 cm³/mol. The van der Waals surface area contributed by atoms with Gasteiger partial charge < -0.3 is 5.32 Å². The van der Waals surface area contributed by atoms with Crippen molar-refractivity contribution in [1.29, 1.82) is 0 Å². The van der Waals surface area contributed by atoms with E-state index < -0.39 is 0 Å². The number of benzene rings is 2. The molecule has 8 heteroatoms. The molecule has 31 heavy (non-hydrogen) atoms. The molecule has 0 fully saturated rings. The number of rotatable bonds is 6. The minimum Gasteiger partial charge on any atom is -0.326 e. The molecule has 4 aromatic rings. The van der Waals surface area contributed by atoms with Crippen LogP contribution in [0, 0.1) is 19.7 Å². The van der Waals surface area contributed by atoms with Crippen LogP contribution in [0.2, 0.25) is 0 Å². The van der Waals surface area contributed by atoms with Crippen molar-refractivity contribution in [2.45, 2.75) is 26.7 Å². The van der Waals surface area contributed by atoms with Crippen LogP contribution in [-0.4, -0.2) is 20.7 Å². The van der Waals surface area contributed by atoms with Crippen LogP contribution >= 0.6 is 11.3 Å². The van der Waals surface area contributed by atoms with E-state index in [0.717, 1.165) is 16.8 Å². The van der Waals surface area contributed by atoms with E-state index in [1.54, 1.807) is 19.1 Å². The molecule has 0 atom stereocenters. The van der Waals surface area contributed by atoms with Gasteiger partial charge in [-0.1, -0.05) is 12.1 Å². The van der Waals surface area contributed by atoms with E-state index >= 15 is 0 Å². The first kappa shape index (κ1) is 20.7. The van der Waals surface area contributed by atoms with E-state index in [9.17, 15) is 14.0 Å². The summed E-state index contributed by atoms with van der Waals surface area (Å²) in [4.78, 5) is 29.7. The van der Waals surface area contributed by atoms with Crippen LogP contribution in [0.4, 0.5) is 10.1 Å². The molecule has 2 aromatic carbocycles. The van der Waals surface area contributed by atoms with Gasteiger partial charge in [0, 0.05) is 34.3 Å². The predicted octanol–water partition coefficient (Wildman–Crippen LogP) is 4.62. The second-order valence-electron chi connectivity index (χ2n) is 7.30. The van der Waals surface area contributed by atoms with Gasteiger partial charge >= 0.3 is 0 Å². The number of aryl methyl sites for hydroxylation is 2. The molecule has 0 saturated carbocycles. The number of hydrogen-bond acceptors (Lipinski definition) is 4. The van der Waals surface area contributed by atoms with Crippen molar-refractivity contribution in [2.24, 2.45) is 0 Å². The second kappa shape index (κ2) is 8.69. The number of thiazole rings is 1. The van der Waals surface area contributed by atoms with Gasteiger partial charge in [0.2, 0.25) is 11.0 Å². The number of amides is 1. The molecule has 0 aliphatic heterocycles. The Kier molecular flexibility index (Phi) is 5.81. The largest absolute Gasteiger partial charge is 0.326 e. The van der Waals surface area contributed by atoms with Crippen LogP contribution in [-0.2, 0) is 11.2 Å². The summed E-state index contributed by atoms with van der Waals surface area (Å²) in [6, 6.07) is 13.6. The minimum atomic E-state index is -0.313. The average Bonchev–Trinajstić information content (AvgIpc) is 3.32. The number of carbonyl (C=O) groups excluding carboxylic acids is 1. The highest BCUT2D eigenvalue weighted by Crippen LogP contribution is 2.24. The molecule has 2 heterocycles. The summed E-state index contributed by atoms with van der Waals surface area (Å²) in [6.07, 6.45) is 0.516. The molecule has 0 spiro atoms. The first-order valence-corrected chi connectivity index (χ1v) is 10.7. The maximum atomic E-state index is 13.1. The van der Waals surface area contributed by atoms with E-state index in [-0.39, 0.29) is 23.7 Å². The highest BCUT2D eigenvalue weighted by molar-refractivity contribution is 7.12. The van der Waals surface area contributed by atoms with Gasteiger partial charge in [0.1, 0.15) is 5.82 Å². The number of H-pyrrole nitrogens is 1. The first-order chi connectivity index (χ1) is 14.9. The lowest BCUT2D eigenvalue weighted by molar-refractivity contribution is -0.116. The maximum Gasteiger partial charge on any atom is 0.276 e. The van der Waals surface area contributed by atoms with Gasteiger partial charge in [-0.3, -0.25) is 14.7 Å². The quantitative estimate of drug-likeness (QED) is 0.463. The molecule has 0 saturated heterocycles. The van der Waals surface area contributed by atoms with Gasteiger partial charge in [-0.05, 0) is 62.2 Å². The number of aromatic amines is 1. The number of nitrogens with zero attached hydrogens (tertiary/aromatic N) is 2. The monoisotopic (exact) mass is 436 g/mol. The van der Waals surface area contributed by atoms with Crippen molar-refractivity contribution in [1.82, 2.24) is 14.8 Å². The fraction of sp³-hybridized carbons (Fsp3) is 0.174. The highest BCUT2D eigenvalue weighted by Gasteiger charge is 2.16. The minimum absolute atomic E-state index is 0.148. The summed E-state index contributed by atoms with van der Waals surface area (Å²) in [7, 11) is 0. The van der Waals surface area contributed by atoms with Gasteiger partial charge in [-0.2, -0.15) is 4.68 Å². The Labute approximate surface area is 182 Å². The van der Waals surface area contributed by atoms with Crippen molar-refractivity contribution >= 4 is 22.9 Å². The summed E-state index contributed by atoms with van der Waals surface area (Å²) >= 11 is 1.31. The topological polar surface area (TPSA) is 79.8 Å². The molecule has 2 aromatic heterocycles. The van der Waals surface area contributed by atoms with Gasteiger partial charge in [-0.25, -0.2) is 9.37 Å². The molecule has 2 N–H and O–H groups in total. The third-order valence-corrected chi connectivity index (χ3v) is 5.75. The molecule has 1 amide bonds. The van der Waals surface area contributed by atoms with Crippen LogP contribution in [0.5, 0.6) is 0 Å². The number of anilines is 1. The van der Waals surface area contributed by atoms with Gasteiger partial charge in [0.05, 0.1) is 5.69 Å². The van der Waals surface area contributed by atoms with Crippen LogP contribution in [0.1, 0.15) is 23.2 Å². The van der Waals surface area contributed by atoms with E-state index in [2.05, 4.69) is 15.4 Å². The molecular weight excluding hydrogens is 415 g/mol. The zero-order valence-electron chi connectivity index (χ0n) is 17.1. The first-order valence-electron chi connectivity index (χ1n) is 9.79. The van der Waals surface area contributed by atoms with Crippen LogP contribution < -0.4 is 10.9 Å². The van der Waals surface area contributed by atoms with Gasteiger partial charge in [-0.15, -0.1) is 11.3 Å². The Bertz CT molecular complexity index is 1290. The Hall–Kier alpha value is -3.52. The van der Waals surface area contributed by atoms with Crippen molar-refractivity contribution < 1.29 is 9.18 Å². The SMILES string of the molecule is Cc1cccc(NC(=O)CCc2c(C)[nH]n(-c3nc(-c4ccc(F)cc4)cs3)c2=O)c1. The normalized spacial score (nSPS) is 10.9. The average molecular weight is 437 g/mol. The lowest BCUT2D eigenvalue weighted by Crippen LogP contribution is -2.19. The van der Waals surface area contributed by atoms with E-state index in [1.165, 1.54) is 28.2 Å². The smallest absolute Gasteiger partial charge is 0.276 e. The number of nitrogens with one attached hydrogen (secondary N) is 2. The summed E-state index contributed by atoms with van der Waals surface area (Å²) in [5.74, 6) is -0.462. The Balaban J connectivity index is 1.48. The van der Waals surface area contributed by atoms with Crippen molar-refractivity contribution in [3.8, 4) is 16.4 Å². The van der Waals surface area contributed by atoms with Gasteiger partial charge in [0.25, 0.3) is 5.56 Å². The van der Waals surface area contributed by atoms with Crippen LogP contribution in [0.3, 0.4) is 0 Å². The summed E-state index contributed by atoms with van der Waals surface area (Å²) < 4.78 is 14.5. The number of carbonyl (C=O) groups is 1. The number of halogens is 1. The standard InChI is InChI=1S/C23H21FN4O2S/c1-14-4-3-5-18(12-14)25-21(29)11-10-19-15(2)27-28(22(19)30)23-26-20(13-31-23)16-6-8-17(24)9-7-16/h3-9,12-13,27H,10-11H2,1-2H3,(H,25,29). The molecule has 158 valence electrons. The molecule has 0 aliphatic carbocycles. The van der Waals surface area contributed by atoms with Crippen molar-refractivity contribution in [2.75, 3.05) is 5.32 Å². The molecule has 4 rings (SSSR count). The molecule has 0 aliphatic rings. The highest BCUT2D eigenvalue weighted by atomic mass is 32.1. The third-order valence-electron chi connectivity index (χ3n) is 4.92. The second-order valence-corrected chi connectivity index (χ2v) is 8.13. The number of aromatic nitrogens is 3. The number of hydrogen-bond donors (Lipinski definition) is 2. The fourth-order valence-electron chi connectivity index (χ4n) is 3.32. The van der Waals surface area contributed by atoms with E-state index in [0.29, 0.717) is 28.5 Å². The zero-order valence-corrected chi connectivity index (χ0v) is 17.9. The molecular formula is C23H21FN4O2S. The zero-order chi connectivity index (χ0) is 22.0. The molecule has 0 bridgehead atoms. The lowest BCUT2D eigenvalue weighted by Gasteiger charge is -2.05. The maximum absolute atomic E-state index is 13.1. The van der Waals surface area contributed by atoms with E-state index in [1.807, 2.05) is 36.6 Å². The molecule has 6 nitrogen and oxygen atoms in total. The van der Waals surface area contributed by atoms with E-state index in [4.69, 9.17) is 0 Å².